The fourth-order valence-corrected chi connectivity index (χ4v) is 6.65. The third-order valence-electron chi connectivity index (χ3n) is 5.72. The van der Waals surface area contributed by atoms with Crippen LogP contribution in [-0.2, 0) is 9.84 Å². The second kappa shape index (κ2) is 6.87. The van der Waals surface area contributed by atoms with Crippen LogP contribution in [0.15, 0.2) is 41.1 Å². The molecule has 1 saturated heterocycles. The number of rotatable bonds is 4. The molecule has 1 aromatic carbocycles. The van der Waals surface area contributed by atoms with Gasteiger partial charge in [-0.15, -0.1) is 0 Å². The number of para-hydroxylation sites is 1. The van der Waals surface area contributed by atoms with Crippen LogP contribution in [0.25, 0.3) is 22.3 Å². The minimum absolute atomic E-state index is 0.167. The smallest absolute Gasteiger partial charge is 0.162 e. The van der Waals surface area contributed by atoms with E-state index >= 15 is 0 Å². The van der Waals surface area contributed by atoms with Crippen molar-refractivity contribution in [2.75, 3.05) is 23.7 Å². The SMILES string of the molecule is CCC1(CC)CN(c2nc(-c3ccsc3)nc3ccccc23)CCS1(=O)=O. The first kappa shape index (κ1) is 18.4. The van der Waals surface area contributed by atoms with Crippen LogP contribution >= 0.6 is 11.3 Å². The van der Waals surface area contributed by atoms with Crippen molar-refractivity contribution < 1.29 is 8.42 Å². The van der Waals surface area contributed by atoms with E-state index in [0.717, 1.165) is 22.3 Å². The zero-order valence-corrected chi connectivity index (χ0v) is 17.2. The van der Waals surface area contributed by atoms with Crippen LogP contribution in [-0.4, -0.2) is 42.0 Å². The standard InChI is InChI=1S/C20H23N3O2S2/c1-3-20(4-2)14-23(10-12-27(20,24)25)19-16-7-5-6-8-17(16)21-18(22-19)15-9-11-26-13-15/h5-9,11,13H,3-4,10,12,14H2,1-2H3. The Balaban J connectivity index is 1.86. The third-order valence-corrected chi connectivity index (χ3v) is 9.15. The first-order valence-corrected chi connectivity index (χ1v) is 11.9. The highest BCUT2D eigenvalue weighted by atomic mass is 32.2. The molecule has 3 aromatic rings. The van der Waals surface area contributed by atoms with Gasteiger partial charge >= 0.3 is 0 Å². The molecule has 0 bridgehead atoms. The van der Waals surface area contributed by atoms with Crippen molar-refractivity contribution >= 4 is 37.9 Å². The number of benzene rings is 1. The summed E-state index contributed by atoms with van der Waals surface area (Å²) in [5, 5.41) is 5.02. The Morgan fingerprint density at radius 1 is 1.15 bits per heavy atom. The highest BCUT2D eigenvalue weighted by Crippen LogP contribution is 2.36. The average molecular weight is 402 g/mol. The van der Waals surface area contributed by atoms with Crippen molar-refractivity contribution in [3.8, 4) is 11.4 Å². The summed E-state index contributed by atoms with van der Waals surface area (Å²) in [5.41, 5.74) is 1.88. The van der Waals surface area contributed by atoms with Crippen molar-refractivity contribution in [2.24, 2.45) is 0 Å². The van der Waals surface area contributed by atoms with Crippen molar-refractivity contribution in [3.63, 3.8) is 0 Å². The van der Waals surface area contributed by atoms with Gasteiger partial charge in [0.15, 0.2) is 15.7 Å². The summed E-state index contributed by atoms with van der Waals surface area (Å²) in [6, 6.07) is 9.98. The molecule has 1 aliphatic heterocycles. The lowest BCUT2D eigenvalue weighted by atomic mass is 10.0. The lowest BCUT2D eigenvalue weighted by Gasteiger charge is -2.42. The van der Waals surface area contributed by atoms with Gasteiger partial charge in [0.2, 0.25) is 0 Å². The summed E-state index contributed by atoms with van der Waals surface area (Å²) in [7, 11) is -3.12. The molecule has 1 fully saturated rings. The molecule has 0 atom stereocenters. The molecular weight excluding hydrogens is 378 g/mol. The van der Waals surface area contributed by atoms with Gasteiger partial charge in [-0.1, -0.05) is 26.0 Å². The Labute approximate surface area is 164 Å². The minimum Gasteiger partial charge on any atom is -0.353 e. The van der Waals surface area contributed by atoms with E-state index in [0.29, 0.717) is 31.8 Å². The minimum atomic E-state index is -3.12. The zero-order valence-electron chi connectivity index (χ0n) is 15.6. The molecule has 1 aliphatic rings. The molecular formula is C20H23N3O2S2. The van der Waals surface area contributed by atoms with E-state index < -0.39 is 14.6 Å². The topological polar surface area (TPSA) is 63.2 Å². The van der Waals surface area contributed by atoms with E-state index in [1.54, 1.807) is 11.3 Å². The lowest BCUT2D eigenvalue weighted by Crippen LogP contribution is -2.56. The summed E-state index contributed by atoms with van der Waals surface area (Å²) in [6.45, 7) is 4.89. The highest BCUT2D eigenvalue weighted by Gasteiger charge is 2.45. The quantitative estimate of drug-likeness (QED) is 0.657. The van der Waals surface area contributed by atoms with Gasteiger partial charge < -0.3 is 4.90 Å². The van der Waals surface area contributed by atoms with Gasteiger partial charge in [-0.2, -0.15) is 11.3 Å². The summed E-state index contributed by atoms with van der Waals surface area (Å²) in [6.07, 6.45) is 1.23. The summed E-state index contributed by atoms with van der Waals surface area (Å²) >= 11 is 1.62. The van der Waals surface area contributed by atoms with E-state index in [2.05, 4.69) is 4.90 Å². The van der Waals surface area contributed by atoms with Crippen LogP contribution in [0.1, 0.15) is 26.7 Å². The summed E-state index contributed by atoms with van der Waals surface area (Å²) in [5.74, 6) is 1.70. The first-order chi connectivity index (χ1) is 13.0. The maximum absolute atomic E-state index is 12.8. The van der Waals surface area contributed by atoms with Gasteiger partial charge in [0.25, 0.3) is 0 Å². The monoisotopic (exact) mass is 401 g/mol. The average Bonchev–Trinajstić information content (AvgIpc) is 3.22. The van der Waals surface area contributed by atoms with E-state index in [1.807, 2.05) is 54.9 Å². The molecule has 0 saturated carbocycles. The number of hydrogen-bond donors (Lipinski definition) is 0. The van der Waals surface area contributed by atoms with Crippen LogP contribution in [0, 0.1) is 0 Å². The molecule has 7 heteroatoms. The Morgan fingerprint density at radius 2 is 1.93 bits per heavy atom. The van der Waals surface area contributed by atoms with Gasteiger partial charge in [-0.25, -0.2) is 18.4 Å². The van der Waals surface area contributed by atoms with E-state index in [9.17, 15) is 8.42 Å². The fourth-order valence-electron chi connectivity index (χ4n) is 3.89. The summed E-state index contributed by atoms with van der Waals surface area (Å²) in [4.78, 5) is 11.8. The molecule has 2 aromatic heterocycles. The number of nitrogens with zero attached hydrogens (tertiary/aromatic N) is 3. The Kier molecular flexibility index (Phi) is 4.68. The molecule has 0 unspecified atom stereocenters. The largest absolute Gasteiger partial charge is 0.353 e. The number of thiophene rings is 1. The van der Waals surface area contributed by atoms with Crippen LogP contribution in [0.3, 0.4) is 0 Å². The number of sulfone groups is 1. The van der Waals surface area contributed by atoms with Crippen LogP contribution in [0.2, 0.25) is 0 Å². The molecule has 0 radical (unpaired) electrons. The Morgan fingerprint density at radius 3 is 2.63 bits per heavy atom. The fraction of sp³-hybridized carbons (Fsp3) is 0.400. The predicted octanol–water partition coefficient (Wildman–Crippen LogP) is 4.15. The molecule has 4 rings (SSSR count). The van der Waals surface area contributed by atoms with E-state index in [-0.39, 0.29) is 5.75 Å². The van der Waals surface area contributed by atoms with Gasteiger partial charge in [0.1, 0.15) is 5.82 Å². The predicted molar refractivity (Wildman–Crippen MR) is 112 cm³/mol. The van der Waals surface area contributed by atoms with Gasteiger partial charge in [0.05, 0.1) is 16.0 Å². The molecule has 0 aliphatic carbocycles. The maximum atomic E-state index is 12.8. The normalized spacial score (nSPS) is 18.7. The van der Waals surface area contributed by atoms with E-state index in [1.165, 1.54) is 0 Å². The number of fused-ring (bicyclic) bond motifs is 1. The lowest BCUT2D eigenvalue weighted by molar-refractivity contribution is 0.458. The van der Waals surface area contributed by atoms with Gasteiger partial charge in [-0.3, -0.25) is 0 Å². The van der Waals surface area contributed by atoms with Crippen molar-refractivity contribution in [2.45, 2.75) is 31.4 Å². The van der Waals surface area contributed by atoms with Gasteiger partial charge in [-0.05, 0) is 36.4 Å². The van der Waals surface area contributed by atoms with Gasteiger partial charge in [0, 0.05) is 29.4 Å². The second-order valence-electron chi connectivity index (χ2n) is 7.03. The maximum Gasteiger partial charge on any atom is 0.162 e. The van der Waals surface area contributed by atoms with Crippen LogP contribution in [0.4, 0.5) is 5.82 Å². The summed E-state index contributed by atoms with van der Waals surface area (Å²) < 4.78 is 24.9. The zero-order chi connectivity index (χ0) is 19.1. The molecule has 0 spiro atoms. The first-order valence-electron chi connectivity index (χ1n) is 9.26. The highest BCUT2D eigenvalue weighted by molar-refractivity contribution is 7.92. The third kappa shape index (κ3) is 3.02. The Bertz CT molecular complexity index is 1060. The molecule has 0 N–H and O–H groups in total. The van der Waals surface area contributed by atoms with Crippen molar-refractivity contribution in [1.29, 1.82) is 0 Å². The van der Waals surface area contributed by atoms with Crippen LogP contribution < -0.4 is 4.90 Å². The van der Waals surface area contributed by atoms with E-state index in [4.69, 9.17) is 9.97 Å². The molecule has 3 heterocycles. The molecule has 0 amide bonds. The molecule has 5 nitrogen and oxygen atoms in total. The van der Waals surface area contributed by atoms with Crippen LogP contribution in [0.5, 0.6) is 0 Å². The number of anilines is 1. The molecule has 27 heavy (non-hydrogen) atoms. The second-order valence-corrected chi connectivity index (χ2v) is 10.3. The number of aromatic nitrogens is 2. The van der Waals surface area contributed by atoms with Crippen molar-refractivity contribution in [1.82, 2.24) is 9.97 Å². The van der Waals surface area contributed by atoms with Crippen molar-refractivity contribution in [3.05, 3.63) is 41.1 Å². The Hall–Kier alpha value is -1.99. The number of hydrogen-bond acceptors (Lipinski definition) is 6. The molecule has 142 valence electrons.